The van der Waals surface area contributed by atoms with E-state index in [0.29, 0.717) is 18.5 Å². The van der Waals surface area contributed by atoms with Crippen molar-refractivity contribution in [1.82, 2.24) is 15.5 Å². The molecule has 0 radical (unpaired) electrons. The van der Waals surface area contributed by atoms with Gasteiger partial charge in [0.15, 0.2) is 0 Å². The number of carbonyl (C=O) groups is 5. The lowest BCUT2D eigenvalue weighted by atomic mass is 10.0. The van der Waals surface area contributed by atoms with Crippen molar-refractivity contribution in [2.45, 2.75) is 57.5 Å². The van der Waals surface area contributed by atoms with E-state index >= 15 is 0 Å². The van der Waals surface area contributed by atoms with Crippen molar-refractivity contribution in [3.05, 3.63) is 34.9 Å². The second kappa shape index (κ2) is 11.0. The second-order valence-electron chi connectivity index (χ2n) is 7.52. The Bertz CT molecular complexity index is 889. The molecular formula is C21H27ClN4O5. The van der Waals surface area contributed by atoms with E-state index in [1.54, 1.807) is 12.1 Å². The number of fused-ring (bicyclic) bond motifs is 1. The van der Waals surface area contributed by atoms with Crippen molar-refractivity contribution in [3.8, 4) is 0 Å². The number of amides is 5. The average molecular weight is 451 g/mol. The standard InChI is InChI=1S/C21H26N4O5.ClH/c22-11-4-2-1-3-8-16(26)23-12-13-6-5-7-14-18(13)21(30)25(20(14)29)15-9-10-17(27)24-19(15)28;/h5-7,15H,1-4,8-12,22H2,(H,23,26)(H,24,27,28);1H. The molecule has 9 nitrogen and oxygen atoms in total. The van der Waals surface area contributed by atoms with Crippen LogP contribution >= 0.6 is 12.4 Å². The molecule has 3 rings (SSSR count). The number of hydrogen-bond acceptors (Lipinski definition) is 6. The molecule has 0 aromatic heterocycles. The fourth-order valence-electron chi connectivity index (χ4n) is 3.80. The van der Waals surface area contributed by atoms with Crippen LogP contribution in [0.3, 0.4) is 0 Å². The molecule has 2 heterocycles. The van der Waals surface area contributed by atoms with E-state index in [1.807, 2.05) is 0 Å². The van der Waals surface area contributed by atoms with Gasteiger partial charge >= 0.3 is 0 Å². The summed E-state index contributed by atoms with van der Waals surface area (Å²) in [7, 11) is 0. The van der Waals surface area contributed by atoms with E-state index in [1.165, 1.54) is 6.07 Å². The summed E-state index contributed by atoms with van der Waals surface area (Å²) < 4.78 is 0. The third-order valence-corrected chi connectivity index (χ3v) is 5.39. The first-order chi connectivity index (χ1) is 14.4. The molecule has 10 heteroatoms. The van der Waals surface area contributed by atoms with Gasteiger partial charge in [-0.3, -0.25) is 34.2 Å². The van der Waals surface area contributed by atoms with Gasteiger partial charge in [0, 0.05) is 19.4 Å². The van der Waals surface area contributed by atoms with Crippen molar-refractivity contribution >= 4 is 41.9 Å². The molecule has 2 aliphatic heterocycles. The molecule has 0 bridgehead atoms. The van der Waals surface area contributed by atoms with Gasteiger partial charge < -0.3 is 11.1 Å². The van der Waals surface area contributed by atoms with Gasteiger partial charge in [-0.15, -0.1) is 12.4 Å². The summed E-state index contributed by atoms with van der Waals surface area (Å²) in [4.78, 5) is 62.3. The first-order valence-corrected chi connectivity index (χ1v) is 10.2. The van der Waals surface area contributed by atoms with Gasteiger partial charge in [-0.25, -0.2) is 0 Å². The van der Waals surface area contributed by atoms with E-state index in [2.05, 4.69) is 10.6 Å². The number of unbranched alkanes of at least 4 members (excludes halogenated alkanes) is 3. The summed E-state index contributed by atoms with van der Waals surface area (Å²) in [6.07, 6.45) is 4.18. The maximum absolute atomic E-state index is 13.0. The molecule has 168 valence electrons. The molecule has 0 aliphatic carbocycles. The highest BCUT2D eigenvalue weighted by atomic mass is 35.5. The van der Waals surface area contributed by atoms with Crippen LogP contribution in [-0.2, 0) is 20.9 Å². The summed E-state index contributed by atoms with van der Waals surface area (Å²) in [6.45, 7) is 0.765. The SMILES string of the molecule is Cl.NCCCCCCC(=O)NCc1cccc2c1C(=O)N(C1CCC(=O)NC1=O)C2=O. The minimum atomic E-state index is -1.01. The van der Waals surface area contributed by atoms with Gasteiger partial charge in [-0.1, -0.05) is 25.0 Å². The normalized spacial score (nSPS) is 17.8. The first kappa shape index (κ1) is 24.5. The molecule has 1 aromatic rings. The molecule has 4 N–H and O–H groups in total. The molecular weight excluding hydrogens is 424 g/mol. The van der Waals surface area contributed by atoms with Gasteiger partial charge in [0.25, 0.3) is 11.8 Å². The number of rotatable bonds is 9. The Labute approximate surface area is 186 Å². The largest absolute Gasteiger partial charge is 0.352 e. The molecule has 5 amide bonds. The topological polar surface area (TPSA) is 139 Å². The van der Waals surface area contributed by atoms with Crippen LogP contribution in [0.25, 0.3) is 0 Å². The number of nitrogens with two attached hydrogens (primary N) is 1. The van der Waals surface area contributed by atoms with E-state index < -0.39 is 29.7 Å². The van der Waals surface area contributed by atoms with E-state index in [0.717, 1.165) is 30.6 Å². The van der Waals surface area contributed by atoms with Crippen molar-refractivity contribution < 1.29 is 24.0 Å². The zero-order valence-corrected chi connectivity index (χ0v) is 18.0. The van der Waals surface area contributed by atoms with Crippen LogP contribution in [0.15, 0.2) is 18.2 Å². The van der Waals surface area contributed by atoms with Gasteiger partial charge in [-0.2, -0.15) is 0 Å². The highest BCUT2D eigenvalue weighted by Crippen LogP contribution is 2.29. The predicted octanol–water partition coefficient (Wildman–Crippen LogP) is 1.03. The van der Waals surface area contributed by atoms with Crippen LogP contribution in [0, 0.1) is 0 Å². The lowest BCUT2D eigenvalue weighted by Gasteiger charge is -2.27. The van der Waals surface area contributed by atoms with E-state index in [9.17, 15) is 24.0 Å². The second-order valence-corrected chi connectivity index (χ2v) is 7.52. The van der Waals surface area contributed by atoms with Crippen LogP contribution < -0.4 is 16.4 Å². The maximum atomic E-state index is 13.0. The molecule has 31 heavy (non-hydrogen) atoms. The number of nitrogens with one attached hydrogen (secondary N) is 2. The molecule has 2 aliphatic rings. The number of hydrogen-bond donors (Lipinski definition) is 3. The minimum absolute atomic E-state index is 0. The average Bonchev–Trinajstić information content (AvgIpc) is 2.97. The fraction of sp³-hybridized carbons (Fsp3) is 0.476. The number of halogens is 1. The summed E-state index contributed by atoms with van der Waals surface area (Å²) in [5.74, 6) is -2.32. The van der Waals surface area contributed by atoms with Crippen molar-refractivity contribution in [2.75, 3.05) is 6.54 Å². The molecule has 0 spiro atoms. The van der Waals surface area contributed by atoms with Crippen LogP contribution in [0.2, 0.25) is 0 Å². The van der Waals surface area contributed by atoms with Gasteiger partial charge in [0.1, 0.15) is 6.04 Å². The van der Waals surface area contributed by atoms with Gasteiger partial charge in [0.2, 0.25) is 17.7 Å². The van der Waals surface area contributed by atoms with Gasteiger partial charge in [0.05, 0.1) is 11.1 Å². The number of imide groups is 2. The van der Waals surface area contributed by atoms with Crippen LogP contribution in [0.1, 0.15) is 71.2 Å². The number of carbonyl (C=O) groups excluding carboxylic acids is 5. The summed E-state index contributed by atoms with van der Waals surface area (Å²) in [5, 5.41) is 4.97. The number of nitrogens with zero attached hydrogens (tertiary/aromatic N) is 1. The zero-order chi connectivity index (χ0) is 21.7. The Balaban J connectivity index is 0.00000341. The van der Waals surface area contributed by atoms with Gasteiger partial charge in [-0.05, 0) is 37.4 Å². The van der Waals surface area contributed by atoms with Crippen LogP contribution in [0.5, 0.6) is 0 Å². The zero-order valence-electron chi connectivity index (χ0n) is 17.1. The number of benzene rings is 1. The summed E-state index contributed by atoms with van der Waals surface area (Å²) in [6, 6.07) is 3.85. The monoisotopic (exact) mass is 450 g/mol. The van der Waals surface area contributed by atoms with Crippen LogP contribution in [-0.4, -0.2) is 47.0 Å². The quantitative estimate of drug-likeness (QED) is 0.379. The third-order valence-electron chi connectivity index (χ3n) is 5.39. The Hall–Kier alpha value is -2.78. The summed E-state index contributed by atoms with van der Waals surface area (Å²) in [5.41, 5.74) is 6.38. The van der Waals surface area contributed by atoms with E-state index in [4.69, 9.17) is 5.73 Å². The predicted molar refractivity (Wildman–Crippen MR) is 114 cm³/mol. The van der Waals surface area contributed by atoms with Crippen molar-refractivity contribution in [1.29, 1.82) is 0 Å². The first-order valence-electron chi connectivity index (χ1n) is 10.2. The molecule has 1 aromatic carbocycles. The Morgan fingerprint density at radius 3 is 2.55 bits per heavy atom. The Morgan fingerprint density at radius 1 is 1.10 bits per heavy atom. The summed E-state index contributed by atoms with van der Waals surface area (Å²) >= 11 is 0. The molecule has 1 atom stereocenters. The molecule has 1 unspecified atom stereocenters. The molecule has 1 fully saturated rings. The van der Waals surface area contributed by atoms with Crippen molar-refractivity contribution in [3.63, 3.8) is 0 Å². The third kappa shape index (κ3) is 5.48. The minimum Gasteiger partial charge on any atom is -0.352 e. The smallest absolute Gasteiger partial charge is 0.262 e. The van der Waals surface area contributed by atoms with E-state index in [-0.39, 0.29) is 48.8 Å². The fourth-order valence-corrected chi connectivity index (χ4v) is 3.80. The Morgan fingerprint density at radius 2 is 1.84 bits per heavy atom. The Kier molecular flexibility index (Phi) is 8.70. The lowest BCUT2D eigenvalue weighted by molar-refractivity contribution is -0.136. The lowest BCUT2D eigenvalue weighted by Crippen LogP contribution is -2.54. The maximum Gasteiger partial charge on any atom is 0.262 e. The van der Waals surface area contributed by atoms with Crippen molar-refractivity contribution in [2.24, 2.45) is 5.73 Å². The highest BCUT2D eigenvalue weighted by Gasteiger charge is 2.45. The molecule has 0 saturated carbocycles. The van der Waals surface area contributed by atoms with Crippen LogP contribution in [0.4, 0.5) is 0 Å². The molecule has 1 saturated heterocycles. The number of piperidine rings is 1. The highest BCUT2D eigenvalue weighted by molar-refractivity contribution is 6.24.